The quantitative estimate of drug-likeness (QED) is 0.672. The number of methoxy groups -OCH3 is 1. The Morgan fingerprint density at radius 1 is 1.00 bits per heavy atom. The summed E-state index contributed by atoms with van der Waals surface area (Å²) in [4.78, 5) is 0. The van der Waals surface area contributed by atoms with E-state index in [2.05, 4.69) is 39.9 Å². The van der Waals surface area contributed by atoms with E-state index in [1.807, 2.05) is 0 Å². The summed E-state index contributed by atoms with van der Waals surface area (Å²) in [6, 6.07) is 0.592. The summed E-state index contributed by atoms with van der Waals surface area (Å²) in [5, 5.41) is 3.51. The number of nitrogens with one attached hydrogen (secondary N) is 1. The maximum Gasteiger partial charge on any atom is 0.0464 e. The lowest BCUT2D eigenvalue weighted by molar-refractivity contribution is 0.154. The van der Waals surface area contributed by atoms with Crippen LogP contribution in [0.4, 0.5) is 0 Å². The molecule has 0 aromatic carbocycles. The van der Waals surface area contributed by atoms with Crippen molar-refractivity contribution in [3.05, 3.63) is 0 Å². The van der Waals surface area contributed by atoms with Crippen molar-refractivity contribution < 1.29 is 4.74 Å². The van der Waals surface area contributed by atoms with Gasteiger partial charge in [0.15, 0.2) is 0 Å². The lowest BCUT2D eigenvalue weighted by Crippen LogP contribution is -2.32. The highest BCUT2D eigenvalue weighted by atomic mass is 16.5. The van der Waals surface area contributed by atoms with Crippen LogP contribution in [0.2, 0.25) is 0 Å². The Morgan fingerprint density at radius 3 is 2.07 bits per heavy atom. The van der Waals surface area contributed by atoms with Gasteiger partial charge in [-0.15, -0.1) is 0 Å². The van der Waals surface area contributed by atoms with Gasteiger partial charge in [0.05, 0.1) is 0 Å². The maximum absolute atomic E-state index is 5.12. The third kappa shape index (κ3) is 6.91. The molecule has 2 heteroatoms. The highest BCUT2D eigenvalue weighted by Gasteiger charge is 2.18. The van der Waals surface area contributed by atoms with Crippen LogP contribution in [0.3, 0.4) is 0 Å². The van der Waals surface area contributed by atoms with Crippen LogP contribution in [0.1, 0.15) is 41.0 Å². The second-order valence-corrected chi connectivity index (χ2v) is 5.16. The Hall–Kier alpha value is -0.0800. The van der Waals surface area contributed by atoms with Gasteiger partial charge in [-0.25, -0.2) is 0 Å². The predicted molar refractivity (Wildman–Crippen MR) is 67.1 cm³/mol. The van der Waals surface area contributed by atoms with Crippen LogP contribution in [0.15, 0.2) is 0 Å². The standard InChI is InChI=1S/C13H29NO/c1-10(2)14-9-12(4)13(5)11(3)7-8-15-6/h10-14H,7-9H2,1-6H3. The predicted octanol–water partition coefficient (Wildman–Crippen LogP) is 2.93. The minimum Gasteiger partial charge on any atom is -0.385 e. The van der Waals surface area contributed by atoms with Gasteiger partial charge in [0.2, 0.25) is 0 Å². The molecule has 0 radical (unpaired) electrons. The van der Waals surface area contributed by atoms with Crippen LogP contribution < -0.4 is 5.32 Å². The van der Waals surface area contributed by atoms with E-state index in [0.29, 0.717) is 6.04 Å². The summed E-state index contributed by atoms with van der Waals surface area (Å²) < 4.78 is 5.12. The van der Waals surface area contributed by atoms with Gasteiger partial charge in [0.25, 0.3) is 0 Å². The zero-order valence-electron chi connectivity index (χ0n) is 11.3. The van der Waals surface area contributed by atoms with E-state index in [9.17, 15) is 0 Å². The number of hydrogen-bond acceptors (Lipinski definition) is 2. The van der Waals surface area contributed by atoms with Crippen molar-refractivity contribution in [3.63, 3.8) is 0 Å². The smallest absolute Gasteiger partial charge is 0.0464 e. The van der Waals surface area contributed by atoms with Gasteiger partial charge in [-0.05, 0) is 30.7 Å². The molecule has 1 N–H and O–H groups in total. The molecule has 0 aliphatic rings. The molecule has 0 aromatic heterocycles. The second kappa shape index (κ2) is 8.12. The minimum atomic E-state index is 0.592. The van der Waals surface area contributed by atoms with Crippen LogP contribution >= 0.6 is 0 Å². The molecular formula is C13H29NO. The molecular weight excluding hydrogens is 186 g/mol. The van der Waals surface area contributed by atoms with E-state index in [1.165, 1.54) is 6.42 Å². The summed E-state index contributed by atoms with van der Waals surface area (Å²) in [6.07, 6.45) is 1.17. The second-order valence-electron chi connectivity index (χ2n) is 5.16. The van der Waals surface area contributed by atoms with E-state index in [-0.39, 0.29) is 0 Å². The third-order valence-electron chi connectivity index (χ3n) is 3.42. The average molecular weight is 215 g/mol. The van der Waals surface area contributed by atoms with Crippen molar-refractivity contribution in [2.45, 2.75) is 47.1 Å². The van der Waals surface area contributed by atoms with Gasteiger partial charge >= 0.3 is 0 Å². The third-order valence-corrected chi connectivity index (χ3v) is 3.42. The first-order chi connectivity index (χ1) is 6.99. The molecule has 0 aliphatic carbocycles. The van der Waals surface area contributed by atoms with Crippen molar-refractivity contribution in [1.82, 2.24) is 5.32 Å². The summed E-state index contributed by atoms with van der Waals surface area (Å²) in [5.74, 6) is 2.24. The van der Waals surface area contributed by atoms with Crippen molar-refractivity contribution >= 4 is 0 Å². The Labute approximate surface area is 95.8 Å². The van der Waals surface area contributed by atoms with Crippen molar-refractivity contribution in [2.75, 3.05) is 20.3 Å². The Kier molecular flexibility index (Phi) is 8.07. The van der Waals surface area contributed by atoms with E-state index in [4.69, 9.17) is 4.74 Å². The molecule has 15 heavy (non-hydrogen) atoms. The maximum atomic E-state index is 5.12. The molecule has 3 unspecified atom stereocenters. The molecule has 0 rings (SSSR count). The monoisotopic (exact) mass is 215 g/mol. The molecule has 0 fully saturated rings. The van der Waals surface area contributed by atoms with Gasteiger partial charge in [-0.3, -0.25) is 0 Å². The fourth-order valence-electron chi connectivity index (χ4n) is 1.73. The van der Waals surface area contributed by atoms with E-state index in [1.54, 1.807) is 7.11 Å². The Balaban J connectivity index is 3.79. The molecule has 0 heterocycles. The topological polar surface area (TPSA) is 21.3 Å². The average Bonchev–Trinajstić information content (AvgIpc) is 2.21. The van der Waals surface area contributed by atoms with Crippen LogP contribution in [0.5, 0.6) is 0 Å². The van der Waals surface area contributed by atoms with E-state index in [0.717, 1.165) is 30.9 Å². The van der Waals surface area contributed by atoms with Crippen LogP contribution in [-0.2, 0) is 4.74 Å². The van der Waals surface area contributed by atoms with Crippen LogP contribution in [0.25, 0.3) is 0 Å². The molecule has 0 spiro atoms. The first-order valence-electron chi connectivity index (χ1n) is 6.21. The number of ether oxygens (including phenoxy) is 1. The molecule has 0 aliphatic heterocycles. The first kappa shape index (κ1) is 14.9. The van der Waals surface area contributed by atoms with Crippen LogP contribution in [-0.4, -0.2) is 26.3 Å². The molecule has 2 nitrogen and oxygen atoms in total. The zero-order chi connectivity index (χ0) is 11.8. The van der Waals surface area contributed by atoms with Crippen molar-refractivity contribution in [1.29, 1.82) is 0 Å². The Bertz CT molecular complexity index is 147. The summed E-state index contributed by atoms with van der Waals surface area (Å²) in [6.45, 7) is 13.4. The van der Waals surface area contributed by atoms with Crippen molar-refractivity contribution in [2.24, 2.45) is 17.8 Å². The zero-order valence-corrected chi connectivity index (χ0v) is 11.3. The van der Waals surface area contributed by atoms with E-state index < -0.39 is 0 Å². The largest absolute Gasteiger partial charge is 0.385 e. The number of rotatable bonds is 8. The molecule has 92 valence electrons. The molecule has 0 amide bonds. The lowest BCUT2D eigenvalue weighted by Gasteiger charge is -2.27. The van der Waals surface area contributed by atoms with Gasteiger partial charge < -0.3 is 10.1 Å². The molecule has 0 saturated heterocycles. The first-order valence-corrected chi connectivity index (χ1v) is 6.21. The van der Waals surface area contributed by atoms with Gasteiger partial charge in [0.1, 0.15) is 0 Å². The highest BCUT2D eigenvalue weighted by molar-refractivity contribution is 4.71. The lowest BCUT2D eigenvalue weighted by atomic mass is 9.83. The van der Waals surface area contributed by atoms with Gasteiger partial charge in [-0.2, -0.15) is 0 Å². The summed E-state index contributed by atoms with van der Waals surface area (Å²) in [7, 11) is 1.78. The minimum absolute atomic E-state index is 0.592. The Morgan fingerprint density at radius 2 is 1.60 bits per heavy atom. The molecule has 0 saturated carbocycles. The van der Waals surface area contributed by atoms with Crippen molar-refractivity contribution in [3.8, 4) is 0 Å². The molecule has 3 atom stereocenters. The van der Waals surface area contributed by atoms with Gasteiger partial charge in [0, 0.05) is 19.8 Å². The summed E-state index contributed by atoms with van der Waals surface area (Å²) in [5.41, 5.74) is 0. The fourth-order valence-corrected chi connectivity index (χ4v) is 1.73. The van der Waals surface area contributed by atoms with Crippen LogP contribution in [0, 0.1) is 17.8 Å². The number of hydrogen-bond donors (Lipinski definition) is 1. The fraction of sp³-hybridized carbons (Fsp3) is 1.00. The highest BCUT2D eigenvalue weighted by Crippen LogP contribution is 2.22. The summed E-state index contributed by atoms with van der Waals surface area (Å²) >= 11 is 0. The normalized spacial score (nSPS) is 17.8. The molecule has 0 aromatic rings. The van der Waals surface area contributed by atoms with E-state index >= 15 is 0 Å². The molecule has 0 bridgehead atoms. The van der Waals surface area contributed by atoms with Gasteiger partial charge in [-0.1, -0.05) is 34.6 Å². The SMILES string of the molecule is COCCC(C)C(C)C(C)CNC(C)C.